The highest BCUT2D eigenvalue weighted by Gasteiger charge is 2.32. The molecule has 0 unspecified atom stereocenters. The van der Waals surface area contributed by atoms with E-state index in [0.29, 0.717) is 0 Å². The summed E-state index contributed by atoms with van der Waals surface area (Å²) in [5.74, 6) is 1.54. The minimum atomic E-state index is 0.110. The second kappa shape index (κ2) is 8.76. The molecule has 1 aliphatic rings. The summed E-state index contributed by atoms with van der Waals surface area (Å²) in [6.45, 7) is 2.11. The van der Waals surface area contributed by atoms with Crippen LogP contribution in [-0.2, 0) is 0 Å². The Bertz CT molecular complexity index is 1250. The highest BCUT2D eigenvalue weighted by atomic mass is 32.1. The van der Waals surface area contributed by atoms with Gasteiger partial charge in [-0.1, -0.05) is 35.9 Å². The molecule has 3 heterocycles. The Kier molecular flexibility index (Phi) is 5.68. The lowest BCUT2D eigenvalue weighted by Gasteiger charge is -2.21. The quantitative estimate of drug-likeness (QED) is 0.326. The summed E-state index contributed by atoms with van der Waals surface area (Å²) in [5.41, 5.74) is 5.34. The number of nitrogens with zero attached hydrogens (tertiary/aromatic N) is 3. The fraction of sp³-hybridized carbons (Fsp3) is 0.200. The molecule has 162 valence electrons. The zero-order chi connectivity index (χ0) is 22.1. The third kappa shape index (κ3) is 3.89. The van der Waals surface area contributed by atoms with E-state index in [1.165, 1.54) is 16.0 Å². The van der Waals surface area contributed by atoms with Gasteiger partial charge in [0, 0.05) is 17.4 Å². The molecule has 5 nitrogen and oxygen atoms in total. The molecular formula is C25H23N3O2S2. The van der Waals surface area contributed by atoms with Crippen molar-refractivity contribution in [1.29, 1.82) is 0 Å². The van der Waals surface area contributed by atoms with Crippen LogP contribution in [0.3, 0.4) is 0 Å². The Morgan fingerprint density at radius 3 is 2.56 bits per heavy atom. The fourth-order valence-corrected chi connectivity index (χ4v) is 5.38. The minimum Gasteiger partial charge on any atom is -0.497 e. The van der Waals surface area contributed by atoms with Crippen molar-refractivity contribution in [2.24, 2.45) is 5.10 Å². The third-order valence-electron chi connectivity index (χ3n) is 5.55. The molecule has 0 amide bonds. The lowest BCUT2D eigenvalue weighted by molar-refractivity contribution is 0.404. The summed E-state index contributed by atoms with van der Waals surface area (Å²) in [6.07, 6.45) is 0.848. The first-order chi connectivity index (χ1) is 15.7. The van der Waals surface area contributed by atoms with E-state index in [9.17, 15) is 0 Å². The highest BCUT2D eigenvalue weighted by Crippen LogP contribution is 2.41. The van der Waals surface area contributed by atoms with Crippen LogP contribution < -0.4 is 14.5 Å². The van der Waals surface area contributed by atoms with E-state index in [1.54, 1.807) is 36.9 Å². The van der Waals surface area contributed by atoms with E-state index < -0.39 is 0 Å². The van der Waals surface area contributed by atoms with Gasteiger partial charge in [-0.05, 0) is 42.1 Å². The molecule has 5 rings (SSSR count). The first-order valence-electron chi connectivity index (χ1n) is 10.3. The number of thiophene rings is 1. The van der Waals surface area contributed by atoms with Crippen LogP contribution in [0.2, 0.25) is 0 Å². The van der Waals surface area contributed by atoms with Crippen LogP contribution in [0.4, 0.5) is 5.13 Å². The maximum atomic E-state index is 5.57. The molecule has 32 heavy (non-hydrogen) atoms. The second-order valence-corrected chi connectivity index (χ2v) is 9.36. The Hall–Kier alpha value is -3.16. The molecular weight excluding hydrogens is 438 g/mol. The lowest BCUT2D eigenvalue weighted by atomic mass is 10.0. The number of hydrazone groups is 1. The van der Waals surface area contributed by atoms with Crippen LogP contribution in [0.5, 0.6) is 11.5 Å². The number of ether oxygens (including phenoxy) is 2. The number of aryl methyl sites for hydroxylation is 1. The van der Waals surface area contributed by atoms with Crippen LogP contribution in [0.25, 0.3) is 11.3 Å². The molecule has 7 heteroatoms. The van der Waals surface area contributed by atoms with Crippen molar-refractivity contribution < 1.29 is 9.47 Å². The molecule has 1 atom stereocenters. The average molecular weight is 462 g/mol. The number of thiazole rings is 1. The van der Waals surface area contributed by atoms with E-state index in [0.717, 1.165) is 40.0 Å². The van der Waals surface area contributed by atoms with Crippen LogP contribution in [0.15, 0.2) is 70.5 Å². The molecule has 0 saturated heterocycles. The average Bonchev–Trinajstić information content (AvgIpc) is 3.59. The molecule has 2 aromatic heterocycles. The van der Waals surface area contributed by atoms with Gasteiger partial charge in [0.1, 0.15) is 11.5 Å². The van der Waals surface area contributed by atoms with Gasteiger partial charge in [-0.15, -0.1) is 22.7 Å². The fourth-order valence-electron chi connectivity index (χ4n) is 3.83. The van der Waals surface area contributed by atoms with Gasteiger partial charge in [0.2, 0.25) is 5.13 Å². The number of anilines is 1. The predicted molar refractivity (Wildman–Crippen MR) is 133 cm³/mol. The SMILES string of the molecule is COc1ccc(OC)c(-c2csc(N3N=C(c4cccs4)C[C@H]3c3ccc(C)cc3)n2)c1. The zero-order valence-corrected chi connectivity index (χ0v) is 19.7. The van der Waals surface area contributed by atoms with Gasteiger partial charge in [0.15, 0.2) is 0 Å². The van der Waals surface area contributed by atoms with Gasteiger partial charge in [0.25, 0.3) is 0 Å². The van der Waals surface area contributed by atoms with Gasteiger partial charge >= 0.3 is 0 Å². The monoisotopic (exact) mass is 461 g/mol. The normalized spacial score (nSPS) is 15.7. The van der Waals surface area contributed by atoms with E-state index in [2.05, 4.69) is 59.1 Å². The lowest BCUT2D eigenvalue weighted by Crippen LogP contribution is -2.18. The van der Waals surface area contributed by atoms with Crippen molar-refractivity contribution in [3.05, 3.63) is 81.4 Å². The molecule has 0 fully saturated rings. The number of hydrogen-bond acceptors (Lipinski definition) is 7. The smallest absolute Gasteiger partial charge is 0.207 e. The molecule has 4 aromatic rings. The van der Waals surface area contributed by atoms with Crippen molar-refractivity contribution in [2.45, 2.75) is 19.4 Å². The Morgan fingerprint density at radius 1 is 1.00 bits per heavy atom. The number of hydrogen-bond donors (Lipinski definition) is 0. The molecule has 0 radical (unpaired) electrons. The first-order valence-corrected chi connectivity index (χ1v) is 12.1. The predicted octanol–water partition coefficient (Wildman–Crippen LogP) is 6.55. The number of rotatable bonds is 6. The van der Waals surface area contributed by atoms with E-state index in [4.69, 9.17) is 19.6 Å². The van der Waals surface area contributed by atoms with E-state index >= 15 is 0 Å². The summed E-state index contributed by atoms with van der Waals surface area (Å²) in [6, 6.07) is 18.8. The largest absolute Gasteiger partial charge is 0.497 e. The van der Waals surface area contributed by atoms with Gasteiger partial charge in [-0.3, -0.25) is 0 Å². The zero-order valence-electron chi connectivity index (χ0n) is 18.1. The maximum absolute atomic E-state index is 5.57. The van der Waals surface area contributed by atoms with Crippen molar-refractivity contribution in [3.63, 3.8) is 0 Å². The maximum Gasteiger partial charge on any atom is 0.207 e. The molecule has 1 aliphatic heterocycles. The van der Waals surface area contributed by atoms with E-state index in [1.807, 2.05) is 18.2 Å². The van der Waals surface area contributed by atoms with Gasteiger partial charge in [0.05, 0.1) is 36.5 Å². The minimum absolute atomic E-state index is 0.110. The number of aromatic nitrogens is 1. The van der Waals surface area contributed by atoms with Gasteiger partial charge in [-0.2, -0.15) is 5.10 Å². The van der Waals surface area contributed by atoms with Crippen LogP contribution >= 0.6 is 22.7 Å². The standard InChI is InChI=1S/C25H23N3O2S2/c1-16-6-8-17(9-7-16)22-14-20(24-5-4-12-31-24)27-28(22)25-26-21(15-32-25)19-13-18(29-2)10-11-23(19)30-3/h4-13,15,22H,14H2,1-3H3/t22-/m0/s1. The van der Waals surface area contributed by atoms with Crippen molar-refractivity contribution in [3.8, 4) is 22.8 Å². The second-order valence-electron chi connectivity index (χ2n) is 7.58. The van der Waals surface area contributed by atoms with Crippen LogP contribution in [0, 0.1) is 6.92 Å². The molecule has 0 spiro atoms. The summed E-state index contributed by atoms with van der Waals surface area (Å²) >= 11 is 3.31. The molecule has 0 saturated carbocycles. The molecule has 2 aromatic carbocycles. The van der Waals surface area contributed by atoms with Crippen LogP contribution in [-0.4, -0.2) is 24.9 Å². The van der Waals surface area contributed by atoms with Crippen molar-refractivity contribution >= 4 is 33.5 Å². The molecule has 0 bridgehead atoms. The van der Waals surface area contributed by atoms with Crippen molar-refractivity contribution in [2.75, 3.05) is 19.2 Å². The summed E-state index contributed by atoms with van der Waals surface area (Å²) in [7, 11) is 3.33. The van der Waals surface area contributed by atoms with Gasteiger partial charge < -0.3 is 9.47 Å². The first kappa shape index (κ1) is 20.7. The number of methoxy groups -OCH3 is 2. The van der Waals surface area contributed by atoms with Crippen molar-refractivity contribution in [1.82, 2.24) is 4.98 Å². The Morgan fingerprint density at radius 2 is 1.84 bits per heavy atom. The summed E-state index contributed by atoms with van der Waals surface area (Å²) in [5, 5.41) is 12.1. The van der Waals surface area contributed by atoms with E-state index in [-0.39, 0.29) is 6.04 Å². The molecule has 0 aliphatic carbocycles. The molecule has 0 N–H and O–H groups in total. The highest BCUT2D eigenvalue weighted by molar-refractivity contribution is 7.14. The third-order valence-corrected chi connectivity index (χ3v) is 7.30. The Labute approximate surface area is 195 Å². The summed E-state index contributed by atoms with van der Waals surface area (Å²) in [4.78, 5) is 6.17. The topological polar surface area (TPSA) is 47.0 Å². The van der Waals surface area contributed by atoms with Gasteiger partial charge in [-0.25, -0.2) is 9.99 Å². The number of benzene rings is 2. The Balaban J connectivity index is 1.54. The summed E-state index contributed by atoms with van der Waals surface area (Å²) < 4.78 is 11.0. The van der Waals surface area contributed by atoms with Crippen LogP contribution in [0.1, 0.15) is 28.5 Å².